The molecule has 1 heterocycles. The van der Waals surface area contributed by atoms with Gasteiger partial charge in [0, 0.05) is 19.6 Å². The normalized spacial score (nSPS) is 17.4. The maximum Gasteiger partial charge on any atom is 0.272 e. The fourth-order valence-electron chi connectivity index (χ4n) is 4.25. The topological polar surface area (TPSA) is 54.5 Å². The van der Waals surface area contributed by atoms with Gasteiger partial charge in [0.25, 0.3) is 5.91 Å². The SMILES string of the molecule is CCCCOc1ccc(C(=O)N(C)[C@@H]2Cc3ccc(CNCCC4CC4)cc3C2)nc1. The van der Waals surface area contributed by atoms with Gasteiger partial charge in [-0.15, -0.1) is 0 Å². The van der Waals surface area contributed by atoms with Crippen molar-refractivity contribution in [3.63, 3.8) is 0 Å². The largest absolute Gasteiger partial charge is 0.492 e. The Hall–Kier alpha value is -2.40. The molecule has 0 spiro atoms. The number of hydrogen-bond acceptors (Lipinski definition) is 4. The second-order valence-corrected chi connectivity index (χ2v) is 9.07. The van der Waals surface area contributed by atoms with Crippen molar-refractivity contribution in [1.82, 2.24) is 15.2 Å². The Balaban J connectivity index is 1.29. The zero-order valence-electron chi connectivity index (χ0n) is 18.9. The number of carbonyl (C=O) groups is 1. The highest BCUT2D eigenvalue weighted by atomic mass is 16.5. The molecule has 0 saturated heterocycles. The number of pyridine rings is 1. The van der Waals surface area contributed by atoms with Crippen LogP contribution in [0.5, 0.6) is 5.75 Å². The molecule has 0 radical (unpaired) electrons. The third-order valence-corrected chi connectivity index (χ3v) is 6.53. The van der Waals surface area contributed by atoms with Crippen LogP contribution in [0.1, 0.15) is 66.2 Å². The highest BCUT2D eigenvalue weighted by molar-refractivity contribution is 5.92. The monoisotopic (exact) mass is 421 g/mol. The van der Waals surface area contributed by atoms with Crippen LogP contribution in [0.15, 0.2) is 36.5 Å². The molecular formula is C26H35N3O2. The second kappa shape index (κ2) is 10.3. The summed E-state index contributed by atoms with van der Waals surface area (Å²) in [6, 6.07) is 10.6. The molecule has 2 aliphatic rings. The zero-order valence-corrected chi connectivity index (χ0v) is 18.9. The molecule has 1 aromatic heterocycles. The number of likely N-dealkylation sites (N-methyl/N-ethyl adjacent to an activating group) is 1. The minimum Gasteiger partial charge on any atom is -0.492 e. The van der Waals surface area contributed by atoms with Crippen molar-refractivity contribution in [3.8, 4) is 5.75 Å². The molecule has 1 N–H and O–H groups in total. The first-order chi connectivity index (χ1) is 15.1. The van der Waals surface area contributed by atoms with Gasteiger partial charge in [0.05, 0.1) is 12.8 Å². The number of carbonyl (C=O) groups excluding carboxylic acids is 1. The van der Waals surface area contributed by atoms with E-state index in [9.17, 15) is 4.79 Å². The summed E-state index contributed by atoms with van der Waals surface area (Å²) in [5.41, 5.74) is 4.55. The molecule has 5 nitrogen and oxygen atoms in total. The van der Waals surface area contributed by atoms with Crippen molar-refractivity contribution in [2.24, 2.45) is 5.92 Å². The van der Waals surface area contributed by atoms with E-state index < -0.39 is 0 Å². The summed E-state index contributed by atoms with van der Waals surface area (Å²) < 4.78 is 5.65. The van der Waals surface area contributed by atoms with E-state index in [0.717, 1.165) is 50.4 Å². The lowest BCUT2D eigenvalue weighted by Crippen LogP contribution is -2.38. The van der Waals surface area contributed by atoms with Crippen LogP contribution in [0.25, 0.3) is 0 Å². The number of fused-ring (bicyclic) bond motifs is 1. The first kappa shape index (κ1) is 21.8. The Morgan fingerprint density at radius 2 is 2.03 bits per heavy atom. The molecule has 1 saturated carbocycles. The molecule has 0 aliphatic heterocycles. The van der Waals surface area contributed by atoms with Crippen LogP contribution in [0.4, 0.5) is 0 Å². The maximum absolute atomic E-state index is 13.0. The minimum atomic E-state index is -0.0279. The number of benzene rings is 1. The minimum absolute atomic E-state index is 0.0279. The number of unbranched alkanes of at least 4 members (excludes halogenated alkanes) is 1. The Kier molecular flexibility index (Phi) is 7.23. The first-order valence-corrected chi connectivity index (χ1v) is 11.8. The summed E-state index contributed by atoms with van der Waals surface area (Å²) >= 11 is 0. The number of hydrogen-bond donors (Lipinski definition) is 1. The average molecular weight is 422 g/mol. The van der Waals surface area contributed by atoms with Gasteiger partial charge in [0.1, 0.15) is 11.4 Å². The highest BCUT2D eigenvalue weighted by Gasteiger charge is 2.28. The molecule has 2 aliphatic carbocycles. The van der Waals surface area contributed by atoms with E-state index in [-0.39, 0.29) is 11.9 Å². The van der Waals surface area contributed by atoms with Gasteiger partial charge in [-0.05, 0) is 67.0 Å². The standard InChI is InChI=1S/C26H35N3O2/c1-3-4-13-31-24-9-10-25(28-18-24)26(30)29(2)23-15-21-8-7-20(14-22(21)16-23)17-27-12-11-19-5-6-19/h7-10,14,18-19,23,27H,3-6,11-13,15-17H2,1-2H3/t23-/m1/s1. The molecule has 2 aromatic rings. The van der Waals surface area contributed by atoms with Crippen LogP contribution in [0.3, 0.4) is 0 Å². The molecule has 4 rings (SSSR count). The van der Waals surface area contributed by atoms with Gasteiger partial charge in [-0.25, -0.2) is 4.98 Å². The molecule has 1 fully saturated rings. The lowest BCUT2D eigenvalue weighted by Gasteiger charge is -2.24. The van der Waals surface area contributed by atoms with Crippen molar-refractivity contribution < 1.29 is 9.53 Å². The lowest BCUT2D eigenvalue weighted by atomic mass is 10.1. The van der Waals surface area contributed by atoms with Crippen molar-refractivity contribution in [2.45, 2.75) is 64.5 Å². The van der Waals surface area contributed by atoms with Crippen LogP contribution < -0.4 is 10.1 Å². The van der Waals surface area contributed by atoms with E-state index in [1.807, 2.05) is 18.0 Å². The lowest BCUT2D eigenvalue weighted by molar-refractivity contribution is 0.0731. The van der Waals surface area contributed by atoms with Gasteiger partial charge in [-0.1, -0.05) is 44.4 Å². The summed E-state index contributed by atoms with van der Waals surface area (Å²) in [5.74, 6) is 1.67. The van der Waals surface area contributed by atoms with Gasteiger partial charge in [0.2, 0.25) is 0 Å². The maximum atomic E-state index is 13.0. The van der Waals surface area contributed by atoms with Crippen LogP contribution in [0, 0.1) is 5.92 Å². The fourth-order valence-corrected chi connectivity index (χ4v) is 4.25. The molecular weight excluding hydrogens is 386 g/mol. The Labute approximate surface area is 186 Å². The van der Waals surface area contributed by atoms with E-state index >= 15 is 0 Å². The molecule has 166 valence electrons. The van der Waals surface area contributed by atoms with E-state index in [0.29, 0.717) is 12.3 Å². The van der Waals surface area contributed by atoms with E-state index in [1.165, 1.54) is 36.0 Å². The Morgan fingerprint density at radius 3 is 2.77 bits per heavy atom. The zero-order chi connectivity index (χ0) is 21.6. The van der Waals surface area contributed by atoms with E-state index in [4.69, 9.17) is 4.74 Å². The predicted molar refractivity (Wildman–Crippen MR) is 123 cm³/mol. The molecule has 0 unspecified atom stereocenters. The summed E-state index contributed by atoms with van der Waals surface area (Å²) in [6.07, 6.45) is 9.72. The van der Waals surface area contributed by atoms with Crippen LogP contribution in [0.2, 0.25) is 0 Å². The average Bonchev–Trinajstić information content (AvgIpc) is 3.52. The summed E-state index contributed by atoms with van der Waals surface area (Å²) in [4.78, 5) is 19.2. The van der Waals surface area contributed by atoms with Gasteiger partial charge in [0.15, 0.2) is 0 Å². The quantitative estimate of drug-likeness (QED) is 0.547. The summed E-state index contributed by atoms with van der Waals surface area (Å²) in [5, 5.41) is 3.58. The summed E-state index contributed by atoms with van der Waals surface area (Å²) in [6.45, 7) is 4.85. The van der Waals surface area contributed by atoms with E-state index in [1.54, 1.807) is 12.3 Å². The highest BCUT2D eigenvalue weighted by Crippen LogP contribution is 2.31. The van der Waals surface area contributed by atoms with Crippen LogP contribution in [-0.2, 0) is 19.4 Å². The van der Waals surface area contributed by atoms with Crippen molar-refractivity contribution in [2.75, 3.05) is 20.2 Å². The van der Waals surface area contributed by atoms with Gasteiger partial charge in [-0.3, -0.25) is 4.79 Å². The number of nitrogens with one attached hydrogen (secondary N) is 1. The second-order valence-electron chi connectivity index (χ2n) is 9.07. The van der Waals surface area contributed by atoms with Crippen LogP contribution in [-0.4, -0.2) is 42.0 Å². The molecule has 1 amide bonds. The predicted octanol–water partition coefficient (Wildman–Crippen LogP) is 4.39. The van der Waals surface area contributed by atoms with E-state index in [2.05, 4.69) is 35.4 Å². The molecule has 1 aromatic carbocycles. The molecule has 5 heteroatoms. The Morgan fingerprint density at radius 1 is 1.19 bits per heavy atom. The third kappa shape index (κ3) is 5.85. The number of aromatic nitrogens is 1. The Bertz CT molecular complexity index is 877. The van der Waals surface area contributed by atoms with Crippen molar-refractivity contribution in [1.29, 1.82) is 0 Å². The number of rotatable bonds is 11. The number of amides is 1. The molecule has 1 atom stereocenters. The van der Waals surface area contributed by atoms with Gasteiger partial charge >= 0.3 is 0 Å². The van der Waals surface area contributed by atoms with Gasteiger partial charge < -0.3 is 15.0 Å². The third-order valence-electron chi connectivity index (χ3n) is 6.53. The number of nitrogens with zero attached hydrogens (tertiary/aromatic N) is 2. The van der Waals surface area contributed by atoms with Crippen molar-refractivity contribution >= 4 is 5.91 Å². The fraction of sp³-hybridized carbons (Fsp3) is 0.538. The number of ether oxygens (including phenoxy) is 1. The van der Waals surface area contributed by atoms with Gasteiger partial charge in [-0.2, -0.15) is 0 Å². The molecule has 31 heavy (non-hydrogen) atoms. The first-order valence-electron chi connectivity index (χ1n) is 11.8. The van der Waals surface area contributed by atoms with Crippen molar-refractivity contribution in [3.05, 3.63) is 58.9 Å². The van der Waals surface area contributed by atoms with Crippen LogP contribution >= 0.6 is 0 Å². The molecule has 0 bridgehead atoms. The smallest absolute Gasteiger partial charge is 0.272 e. The summed E-state index contributed by atoms with van der Waals surface area (Å²) in [7, 11) is 1.90.